The van der Waals surface area contributed by atoms with E-state index in [0.29, 0.717) is 29.9 Å². The molecule has 0 atom stereocenters. The molecule has 4 rings (SSSR count). The molecular weight excluding hydrogens is 432 g/mol. The van der Waals surface area contributed by atoms with Crippen LogP contribution in [0.5, 0.6) is 5.75 Å². The standard InChI is InChI=1S/C26H32N4O4/c1-16-12-19-21(15-30-10-8-28-9-11-30)20(13-18-6-5-7-22(27)17(18)2)25(31)33-24(19)14-23(16)34-26(32)29(3)4/h5-7,12,14,28H,8-11,13,15,27H2,1-4H3/p+1. The Balaban J connectivity index is 1.85. The molecule has 2 heterocycles. The van der Waals surface area contributed by atoms with Gasteiger partial charge in [0.1, 0.15) is 17.0 Å². The fourth-order valence-corrected chi connectivity index (χ4v) is 4.30. The molecule has 1 aliphatic rings. The molecule has 8 heteroatoms. The molecule has 0 saturated carbocycles. The third kappa shape index (κ3) is 4.99. The van der Waals surface area contributed by atoms with Crippen molar-refractivity contribution in [1.82, 2.24) is 15.1 Å². The van der Waals surface area contributed by atoms with Crippen LogP contribution in [0.2, 0.25) is 0 Å². The second-order valence-corrected chi connectivity index (χ2v) is 9.13. The van der Waals surface area contributed by atoms with Crippen molar-refractivity contribution in [2.45, 2.75) is 26.8 Å². The summed E-state index contributed by atoms with van der Waals surface area (Å²) in [5.74, 6) is 0.385. The lowest BCUT2D eigenvalue weighted by molar-refractivity contribution is -0.255. The minimum absolute atomic E-state index is 0.361. The lowest BCUT2D eigenvalue weighted by Gasteiger charge is -2.28. The van der Waals surface area contributed by atoms with Gasteiger partial charge in [-0.15, -0.1) is 0 Å². The zero-order valence-corrected chi connectivity index (χ0v) is 20.4. The number of amides is 1. The van der Waals surface area contributed by atoms with Crippen LogP contribution in [0.1, 0.15) is 27.8 Å². The highest BCUT2D eigenvalue weighted by Crippen LogP contribution is 2.31. The molecule has 1 saturated heterocycles. The van der Waals surface area contributed by atoms with Crippen LogP contribution in [0.25, 0.3) is 11.0 Å². The molecule has 0 radical (unpaired) electrons. The topological polar surface area (TPSA) is 103 Å². The predicted molar refractivity (Wildman–Crippen MR) is 132 cm³/mol. The molecule has 180 valence electrons. The number of hydrogen-bond acceptors (Lipinski definition) is 6. The second kappa shape index (κ2) is 9.97. The van der Waals surface area contributed by atoms with E-state index in [1.165, 1.54) is 4.90 Å². The monoisotopic (exact) mass is 465 g/mol. The van der Waals surface area contributed by atoms with Crippen molar-refractivity contribution in [2.75, 3.05) is 40.3 Å². The number of aryl methyl sites for hydroxylation is 1. The van der Waals surface area contributed by atoms with Crippen molar-refractivity contribution in [2.24, 2.45) is 0 Å². The zero-order valence-electron chi connectivity index (χ0n) is 20.4. The molecule has 1 aliphatic heterocycles. The zero-order chi connectivity index (χ0) is 24.4. The lowest BCUT2D eigenvalue weighted by atomic mass is 9.94. The second-order valence-electron chi connectivity index (χ2n) is 9.13. The first kappa shape index (κ1) is 23.9. The average Bonchev–Trinajstić information content (AvgIpc) is 2.80. The maximum atomic E-state index is 13.3. The van der Waals surface area contributed by atoms with Gasteiger partial charge in [-0.3, -0.25) is 4.90 Å². The largest absolute Gasteiger partial charge is 0.422 e. The van der Waals surface area contributed by atoms with Gasteiger partial charge >= 0.3 is 11.7 Å². The van der Waals surface area contributed by atoms with Gasteiger partial charge in [-0.25, -0.2) is 9.59 Å². The van der Waals surface area contributed by atoms with Crippen molar-refractivity contribution in [3.63, 3.8) is 0 Å². The number of hydrogen-bond donors (Lipinski definition) is 2. The molecule has 0 spiro atoms. The first-order valence-electron chi connectivity index (χ1n) is 11.6. The summed E-state index contributed by atoms with van der Waals surface area (Å²) in [7, 11) is 3.25. The van der Waals surface area contributed by atoms with E-state index in [1.54, 1.807) is 20.2 Å². The van der Waals surface area contributed by atoms with Crippen molar-refractivity contribution in [1.29, 1.82) is 0 Å². The maximum absolute atomic E-state index is 13.3. The summed E-state index contributed by atoms with van der Waals surface area (Å²) in [6.07, 6.45) is -0.00308. The Kier molecular flexibility index (Phi) is 7.02. The summed E-state index contributed by atoms with van der Waals surface area (Å²) in [4.78, 5) is 29.1. The molecule has 1 fully saturated rings. The summed E-state index contributed by atoms with van der Waals surface area (Å²) >= 11 is 0. The van der Waals surface area contributed by atoms with Gasteiger partial charge in [0.2, 0.25) is 0 Å². The van der Waals surface area contributed by atoms with Crippen LogP contribution >= 0.6 is 0 Å². The molecule has 1 aromatic heterocycles. The molecule has 2 aromatic carbocycles. The number of carbonyl (C=O) groups is 1. The Morgan fingerprint density at radius 2 is 1.91 bits per heavy atom. The van der Waals surface area contributed by atoms with Gasteiger partial charge in [-0.1, -0.05) is 12.1 Å². The van der Waals surface area contributed by atoms with Gasteiger partial charge in [-0.05, 0) is 42.7 Å². The number of quaternary nitrogens is 1. The smallest absolute Gasteiger partial charge is 0.414 e. The average molecular weight is 466 g/mol. The first-order chi connectivity index (χ1) is 16.2. The first-order valence-corrected chi connectivity index (χ1v) is 11.6. The molecule has 34 heavy (non-hydrogen) atoms. The van der Waals surface area contributed by atoms with Crippen molar-refractivity contribution in [3.8, 4) is 5.75 Å². The van der Waals surface area contributed by atoms with Crippen LogP contribution in [-0.2, 0) is 13.0 Å². The Morgan fingerprint density at radius 1 is 1.18 bits per heavy atom. The van der Waals surface area contributed by atoms with Crippen molar-refractivity contribution < 1.29 is 19.7 Å². The molecule has 0 aliphatic carbocycles. The number of piperazine rings is 1. The van der Waals surface area contributed by atoms with E-state index >= 15 is 0 Å². The fraction of sp³-hybridized carbons (Fsp3) is 0.385. The Hall–Kier alpha value is -3.20. The number of nitrogens with zero attached hydrogens (tertiary/aromatic N) is 2. The number of fused-ring (bicyclic) bond motifs is 1. The van der Waals surface area contributed by atoms with Crippen LogP contribution < -0.4 is 21.4 Å². The number of ether oxygens (including phenoxy) is 1. The molecule has 4 N–H and O–H groups in total. The maximum Gasteiger partial charge on any atom is 0.414 e. The minimum Gasteiger partial charge on any atom is -0.422 e. The molecule has 1 amide bonds. The van der Waals surface area contributed by atoms with E-state index < -0.39 is 6.09 Å². The number of rotatable bonds is 5. The third-order valence-electron chi connectivity index (χ3n) is 6.49. The van der Waals surface area contributed by atoms with E-state index in [0.717, 1.165) is 59.5 Å². The quantitative estimate of drug-likeness (QED) is 0.561. The molecular formula is C26H33N4O4+. The van der Waals surface area contributed by atoms with Gasteiger partial charge in [0.05, 0.1) is 0 Å². The predicted octanol–water partition coefficient (Wildman–Crippen LogP) is 2.34. The van der Waals surface area contributed by atoms with Gasteiger partial charge in [0.15, 0.2) is 0 Å². The van der Waals surface area contributed by atoms with Gasteiger partial charge in [0, 0.05) is 75.8 Å². The molecule has 8 nitrogen and oxygen atoms in total. The summed E-state index contributed by atoms with van der Waals surface area (Å²) < 4.78 is 11.3. The van der Waals surface area contributed by atoms with Crippen LogP contribution in [0.4, 0.5) is 10.5 Å². The SMILES string of the molecule is Cc1cc2c(CN3CCNCC3)c(Cc3cccc([NH3+])c3C)c(=O)oc2cc1OC(=O)N(C)C. The van der Waals surface area contributed by atoms with Gasteiger partial charge in [0.25, 0.3) is 0 Å². The number of nitrogens with one attached hydrogen (secondary N) is 1. The van der Waals surface area contributed by atoms with E-state index in [4.69, 9.17) is 9.15 Å². The van der Waals surface area contributed by atoms with E-state index in [2.05, 4.69) is 16.0 Å². The van der Waals surface area contributed by atoms with Crippen molar-refractivity contribution >= 4 is 22.7 Å². The Morgan fingerprint density at radius 3 is 2.62 bits per heavy atom. The number of carbonyl (C=O) groups excluding carboxylic acids is 1. The summed E-state index contributed by atoms with van der Waals surface area (Å²) in [6.45, 7) is 8.23. The van der Waals surface area contributed by atoms with Gasteiger partial charge < -0.3 is 25.1 Å². The molecule has 3 aromatic rings. The molecule has 0 unspecified atom stereocenters. The van der Waals surface area contributed by atoms with E-state index in [9.17, 15) is 9.59 Å². The third-order valence-corrected chi connectivity index (χ3v) is 6.49. The highest BCUT2D eigenvalue weighted by atomic mass is 16.6. The van der Waals surface area contributed by atoms with Crippen LogP contribution in [0, 0.1) is 13.8 Å². The summed E-state index contributed by atoms with van der Waals surface area (Å²) in [5.41, 5.74) is 9.71. The van der Waals surface area contributed by atoms with Gasteiger partial charge in [-0.2, -0.15) is 0 Å². The fourth-order valence-electron chi connectivity index (χ4n) is 4.30. The minimum atomic E-state index is -0.481. The Labute approximate surface area is 199 Å². The summed E-state index contributed by atoms with van der Waals surface area (Å²) in [5, 5.41) is 4.25. The Bertz CT molecular complexity index is 1280. The lowest BCUT2D eigenvalue weighted by Crippen LogP contribution is -2.43. The highest BCUT2D eigenvalue weighted by molar-refractivity contribution is 5.85. The van der Waals surface area contributed by atoms with Crippen LogP contribution in [0.3, 0.4) is 0 Å². The summed E-state index contributed by atoms with van der Waals surface area (Å²) in [6, 6.07) is 9.60. The van der Waals surface area contributed by atoms with E-state index in [1.807, 2.05) is 38.1 Å². The normalized spacial score (nSPS) is 14.4. The van der Waals surface area contributed by atoms with Crippen LogP contribution in [-0.4, -0.2) is 56.2 Å². The van der Waals surface area contributed by atoms with Crippen LogP contribution in [0.15, 0.2) is 39.5 Å². The number of benzene rings is 2. The molecule has 0 bridgehead atoms. The van der Waals surface area contributed by atoms with Crippen molar-refractivity contribution in [3.05, 3.63) is 68.6 Å². The van der Waals surface area contributed by atoms with E-state index in [-0.39, 0.29) is 5.63 Å². The highest BCUT2D eigenvalue weighted by Gasteiger charge is 2.22.